The number of nitrogen functional groups attached to an aromatic ring is 1. The zero-order valence-corrected chi connectivity index (χ0v) is 12.9. The maximum Gasteiger partial charge on any atom is 0.201 e. The Bertz CT molecular complexity index is 650. The van der Waals surface area contributed by atoms with Crippen molar-refractivity contribution in [2.45, 2.75) is 32.7 Å². The Labute approximate surface area is 125 Å². The Morgan fingerprint density at radius 2 is 1.95 bits per heavy atom. The molecule has 2 N–H and O–H groups in total. The molecule has 0 spiro atoms. The molecule has 0 saturated heterocycles. The summed E-state index contributed by atoms with van der Waals surface area (Å²) in [7, 11) is 3.27. The van der Waals surface area contributed by atoms with E-state index in [0.717, 1.165) is 23.5 Å². The van der Waals surface area contributed by atoms with Gasteiger partial charge in [0.2, 0.25) is 5.95 Å². The van der Waals surface area contributed by atoms with Crippen LogP contribution in [0.3, 0.4) is 0 Å². The van der Waals surface area contributed by atoms with Crippen molar-refractivity contribution in [1.29, 1.82) is 0 Å². The molecular weight excluding hydrogens is 266 g/mol. The van der Waals surface area contributed by atoms with E-state index in [1.807, 2.05) is 12.1 Å². The van der Waals surface area contributed by atoms with Crippen LogP contribution in [0.2, 0.25) is 0 Å². The lowest BCUT2D eigenvalue weighted by molar-refractivity contribution is 0.355. The molecule has 2 atom stereocenters. The second kappa shape index (κ2) is 5.47. The first-order valence-corrected chi connectivity index (χ1v) is 7.50. The van der Waals surface area contributed by atoms with Crippen LogP contribution in [-0.2, 0) is 6.54 Å². The Morgan fingerprint density at radius 1 is 1.24 bits per heavy atom. The first-order valence-electron chi connectivity index (χ1n) is 7.50. The van der Waals surface area contributed by atoms with E-state index >= 15 is 0 Å². The minimum Gasteiger partial charge on any atom is -0.493 e. The van der Waals surface area contributed by atoms with Crippen molar-refractivity contribution in [3.63, 3.8) is 0 Å². The predicted molar refractivity (Wildman–Crippen MR) is 83.8 cm³/mol. The molecular formula is C16H23N3O2. The number of hydrogen-bond donors (Lipinski definition) is 1. The molecule has 1 heterocycles. The van der Waals surface area contributed by atoms with Gasteiger partial charge in [-0.05, 0) is 24.7 Å². The molecule has 5 nitrogen and oxygen atoms in total. The molecule has 114 valence electrons. The number of anilines is 1. The van der Waals surface area contributed by atoms with E-state index in [1.54, 1.807) is 14.2 Å². The summed E-state index contributed by atoms with van der Waals surface area (Å²) < 4.78 is 12.8. The molecule has 21 heavy (non-hydrogen) atoms. The topological polar surface area (TPSA) is 62.3 Å². The Hall–Kier alpha value is -1.91. The number of methoxy groups -OCH3 is 2. The van der Waals surface area contributed by atoms with Gasteiger partial charge in [-0.3, -0.25) is 0 Å². The Morgan fingerprint density at radius 3 is 2.57 bits per heavy atom. The third-order valence-corrected chi connectivity index (χ3v) is 4.53. The third kappa shape index (κ3) is 2.52. The van der Waals surface area contributed by atoms with Gasteiger partial charge < -0.3 is 19.8 Å². The minimum atomic E-state index is 0.569. The standard InChI is InChI=1S/C16H23N3O2/c1-10-4-5-11(6-10)9-19-13-8-15(21-3)14(20-2)7-12(13)18-16(19)17/h7-8,10-11H,4-6,9H2,1-3H3,(H2,17,18). The number of aromatic nitrogens is 2. The van der Waals surface area contributed by atoms with Crippen molar-refractivity contribution in [3.05, 3.63) is 12.1 Å². The molecule has 0 bridgehead atoms. The Balaban J connectivity index is 1.99. The molecule has 1 aromatic heterocycles. The number of ether oxygens (including phenoxy) is 2. The number of nitrogens with two attached hydrogens (primary N) is 1. The summed E-state index contributed by atoms with van der Waals surface area (Å²) in [4.78, 5) is 4.46. The molecule has 2 aromatic rings. The average molecular weight is 289 g/mol. The summed E-state index contributed by atoms with van der Waals surface area (Å²) in [5, 5.41) is 0. The van der Waals surface area contributed by atoms with Crippen molar-refractivity contribution >= 4 is 17.0 Å². The fourth-order valence-corrected chi connectivity index (χ4v) is 3.41. The second-order valence-electron chi connectivity index (χ2n) is 6.06. The van der Waals surface area contributed by atoms with Crippen LogP contribution in [-0.4, -0.2) is 23.8 Å². The normalized spacial score (nSPS) is 21.9. The monoisotopic (exact) mass is 289 g/mol. The van der Waals surface area contributed by atoms with Crippen LogP contribution in [0, 0.1) is 11.8 Å². The second-order valence-corrected chi connectivity index (χ2v) is 6.06. The maximum atomic E-state index is 6.12. The highest BCUT2D eigenvalue weighted by Gasteiger charge is 2.23. The molecule has 0 radical (unpaired) electrons. The molecule has 1 aromatic carbocycles. The lowest BCUT2D eigenvalue weighted by atomic mass is 10.1. The van der Waals surface area contributed by atoms with Crippen molar-refractivity contribution in [2.75, 3.05) is 20.0 Å². The summed E-state index contributed by atoms with van der Waals surface area (Å²) in [5.74, 6) is 3.48. The maximum absolute atomic E-state index is 6.12. The highest BCUT2D eigenvalue weighted by molar-refractivity contribution is 5.82. The summed E-state index contributed by atoms with van der Waals surface area (Å²) >= 11 is 0. The van der Waals surface area contributed by atoms with Gasteiger partial charge >= 0.3 is 0 Å². The van der Waals surface area contributed by atoms with E-state index in [-0.39, 0.29) is 0 Å². The molecule has 2 unspecified atom stereocenters. The third-order valence-electron chi connectivity index (χ3n) is 4.53. The van der Waals surface area contributed by atoms with E-state index in [9.17, 15) is 0 Å². The number of imidazole rings is 1. The van der Waals surface area contributed by atoms with Gasteiger partial charge in [0.05, 0.1) is 25.3 Å². The van der Waals surface area contributed by atoms with Crippen LogP contribution in [0.25, 0.3) is 11.0 Å². The molecule has 3 rings (SSSR count). The SMILES string of the molecule is COc1cc2nc(N)n(CC3CCC(C)C3)c2cc1OC. The number of nitrogens with zero attached hydrogens (tertiary/aromatic N) is 2. The molecule has 0 amide bonds. The van der Waals surface area contributed by atoms with E-state index in [1.165, 1.54) is 19.3 Å². The summed E-state index contributed by atoms with van der Waals surface area (Å²) in [6.45, 7) is 3.26. The van der Waals surface area contributed by atoms with Crippen LogP contribution in [0.5, 0.6) is 11.5 Å². The van der Waals surface area contributed by atoms with Crippen LogP contribution in [0.1, 0.15) is 26.2 Å². The van der Waals surface area contributed by atoms with Crippen molar-refractivity contribution in [2.24, 2.45) is 11.8 Å². The van der Waals surface area contributed by atoms with Gasteiger partial charge in [-0.25, -0.2) is 4.98 Å². The zero-order chi connectivity index (χ0) is 15.0. The smallest absolute Gasteiger partial charge is 0.201 e. The lowest BCUT2D eigenvalue weighted by Crippen LogP contribution is -2.10. The van der Waals surface area contributed by atoms with Crippen LogP contribution < -0.4 is 15.2 Å². The van der Waals surface area contributed by atoms with Crippen molar-refractivity contribution < 1.29 is 9.47 Å². The van der Waals surface area contributed by atoms with Gasteiger partial charge in [0.1, 0.15) is 0 Å². The van der Waals surface area contributed by atoms with Gasteiger partial charge in [0, 0.05) is 18.7 Å². The number of hydrogen-bond acceptors (Lipinski definition) is 4. The molecule has 1 aliphatic carbocycles. The lowest BCUT2D eigenvalue weighted by Gasteiger charge is -2.13. The van der Waals surface area contributed by atoms with E-state index < -0.39 is 0 Å². The van der Waals surface area contributed by atoms with E-state index in [2.05, 4.69) is 16.5 Å². The van der Waals surface area contributed by atoms with E-state index in [4.69, 9.17) is 15.2 Å². The number of fused-ring (bicyclic) bond motifs is 1. The van der Waals surface area contributed by atoms with E-state index in [0.29, 0.717) is 23.4 Å². The molecule has 1 fully saturated rings. The van der Waals surface area contributed by atoms with Crippen molar-refractivity contribution in [1.82, 2.24) is 9.55 Å². The van der Waals surface area contributed by atoms with Crippen molar-refractivity contribution in [3.8, 4) is 11.5 Å². The number of benzene rings is 1. The molecule has 1 aliphatic rings. The zero-order valence-electron chi connectivity index (χ0n) is 12.9. The Kier molecular flexibility index (Phi) is 3.66. The first-order chi connectivity index (χ1) is 10.1. The summed E-state index contributed by atoms with van der Waals surface area (Å²) in [5.41, 5.74) is 8.00. The number of rotatable bonds is 4. The first kappa shape index (κ1) is 14.0. The fourth-order valence-electron chi connectivity index (χ4n) is 3.41. The van der Waals surface area contributed by atoms with Crippen LogP contribution in [0.15, 0.2) is 12.1 Å². The molecule has 0 aliphatic heterocycles. The average Bonchev–Trinajstić information content (AvgIpc) is 3.02. The largest absolute Gasteiger partial charge is 0.493 e. The predicted octanol–water partition coefficient (Wildman–Crippen LogP) is 3.07. The summed E-state index contributed by atoms with van der Waals surface area (Å²) in [6.07, 6.45) is 3.86. The van der Waals surface area contributed by atoms with Gasteiger partial charge in [-0.15, -0.1) is 0 Å². The highest BCUT2D eigenvalue weighted by Crippen LogP contribution is 2.36. The quantitative estimate of drug-likeness (QED) is 0.939. The van der Waals surface area contributed by atoms with Gasteiger partial charge in [0.25, 0.3) is 0 Å². The minimum absolute atomic E-state index is 0.569. The van der Waals surface area contributed by atoms with Gasteiger partial charge in [0.15, 0.2) is 11.5 Å². The highest BCUT2D eigenvalue weighted by atomic mass is 16.5. The fraction of sp³-hybridized carbons (Fsp3) is 0.562. The summed E-state index contributed by atoms with van der Waals surface area (Å²) in [6, 6.07) is 3.86. The van der Waals surface area contributed by atoms with Crippen LogP contribution >= 0.6 is 0 Å². The van der Waals surface area contributed by atoms with Gasteiger partial charge in [-0.2, -0.15) is 0 Å². The van der Waals surface area contributed by atoms with Crippen LogP contribution in [0.4, 0.5) is 5.95 Å². The molecule has 1 saturated carbocycles. The van der Waals surface area contributed by atoms with Gasteiger partial charge in [-0.1, -0.05) is 13.3 Å². The molecule has 5 heteroatoms.